The van der Waals surface area contributed by atoms with E-state index in [2.05, 4.69) is 5.32 Å². The van der Waals surface area contributed by atoms with Crippen molar-refractivity contribution in [2.24, 2.45) is 0 Å². The second kappa shape index (κ2) is 8.70. The SMILES string of the molecule is CCC(C(=O)Nc1ccc(OC)cc1)n1c(=O)cc(C)c2c(C)nn(-c3ccccc3)c21. The molecule has 0 fully saturated rings. The highest BCUT2D eigenvalue weighted by Crippen LogP contribution is 2.27. The molecule has 1 N–H and O–H groups in total. The van der Waals surface area contributed by atoms with Gasteiger partial charge in [-0.2, -0.15) is 5.10 Å². The standard InChI is InChI=1S/C25H26N4O3/c1-5-21(24(31)26-18-11-13-20(32-4)14-12-18)28-22(30)15-16(2)23-17(3)27-29(25(23)28)19-9-7-6-8-10-19/h6-15,21H,5H2,1-4H3,(H,26,31). The molecule has 0 aliphatic heterocycles. The Morgan fingerprint density at radius 1 is 1.09 bits per heavy atom. The third kappa shape index (κ3) is 3.77. The lowest BCUT2D eigenvalue weighted by molar-refractivity contribution is -0.119. The Balaban J connectivity index is 1.86. The van der Waals surface area contributed by atoms with Crippen molar-refractivity contribution in [3.63, 3.8) is 0 Å². The number of benzene rings is 2. The second-order valence-corrected chi connectivity index (χ2v) is 7.71. The Labute approximate surface area is 186 Å². The van der Waals surface area contributed by atoms with Gasteiger partial charge in [0.25, 0.3) is 5.56 Å². The number of aryl methyl sites for hydroxylation is 2. The van der Waals surface area contributed by atoms with Crippen LogP contribution >= 0.6 is 0 Å². The monoisotopic (exact) mass is 430 g/mol. The first-order chi connectivity index (χ1) is 15.4. The van der Waals surface area contributed by atoms with Crippen molar-refractivity contribution in [1.29, 1.82) is 0 Å². The number of carbonyl (C=O) groups excluding carboxylic acids is 1. The van der Waals surface area contributed by atoms with E-state index in [-0.39, 0.29) is 11.5 Å². The number of nitrogens with one attached hydrogen (secondary N) is 1. The van der Waals surface area contributed by atoms with Crippen LogP contribution < -0.4 is 15.6 Å². The van der Waals surface area contributed by atoms with Gasteiger partial charge >= 0.3 is 0 Å². The molecule has 0 saturated heterocycles. The lowest BCUT2D eigenvalue weighted by Crippen LogP contribution is -2.34. The number of para-hydroxylation sites is 1. The van der Waals surface area contributed by atoms with E-state index < -0.39 is 6.04 Å². The van der Waals surface area contributed by atoms with Gasteiger partial charge in [0.15, 0.2) is 0 Å². The van der Waals surface area contributed by atoms with E-state index in [4.69, 9.17) is 9.84 Å². The van der Waals surface area contributed by atoms with E-state index in [9.17, 15) is 9.59 Å². The van der Waals surface area contributed by atoms with Gasteiger partial charge in [-0.1, -0.05) is 25.1 Å². The maximum atomic E-state index is 13.3. The fourth-order valence-electron chi connectivity index (χ4n) is 4.07. The largest absolute Gasteiger partial charge is 0.497 e. The lowest BCUT2D eigenvalue weighted by atomic mass is 10.1. The minimum Gasteiger partial charge on any atom is -0.497 e. The zero-order valence-electron chi connectivity index (χ0n) is 18.6. The Hall–Kier alpha value is -3.87. The summed E-state index contributed by atoms with van der Waals surface area (Å²) >= 11 is 0. The molecule has 0 saturated carbocycles. The van der Waals surface area contributed by atoms with Gasteiger partial charge in [0.2, 0.25) is 5.91 Å². The molecule has 4 aromatic rings. The van der Waals surface area contributed by atoms with Gasteiger partial charge in [0.1, 0.15) is 17.4 Å². The van der Waals surface area contributed by atoms with E-state index in [1.807, 2.05) is 51.1 Å². The average molecular weight is 431 g/mol. The maximum absolute atomic E-state index is 13.3. The number of fused-ring (bicyclic) bond motifs is 1. The molecule has 0 aliphatic rings. The first kappa shape index (κ1) is 21.4. The molecule has 2 aromatic carbocycles. The van der Waals surface area contributed by atoms with E-state index in [1.165, 1.54) is 0 Å². The molecule has 32 heavy (non-hydrogen) atoms. The summed E-state index contributed by atoms with van der Waals surface area (Å²) < 4.78 is 8.49. The molecule has 1 atom stereocenters. The molecular weight excluding hydrogens is 404 g/mol. The Morgan fingerprint density at radius 3 is 2.41 bits per heavy atom. The minimum absolute atomic E-state index is 0.233. The smallest absolute Gasteiger partial charge is 0.253 e. The molecule has 0 bridgehead atoms. The molecule has 0 aliphatic carbocycles. The molecule has 0 spiro atoms. The molecule has 2 heterocycles. The predicted octanol–water partition coefficient (Wildman–Crippen LogP) is 4.40. The van der Waals surface area contributed by atoms with Crippen LogP contribution in [0.25, 0.3) is 16.7 Å². The molecular formula is C25H26N4O3. The van der Waals surface area contributed by atoms with Crippen LogP contribution in [0.15, 0.2) is 65.5 Å². The van der Waals surface area contributed by atoms with Crippen LogP contribution in [0.5, 0.6) is 5.75 Å². The number of anilines is 1. The third-order valence-corrected chi connectivity index (χ3v) is 5.60. The quantitative estimate of drug-likeness (QED) is 0.492. The van der Waals surface area contributed by atoms with Crippen molar-refractivity contribution in [3.8, 4) is 11.4 Å². The van der Waals surface area contributed by atoms with E-state index in [0.717, 1.165) is 22.3 Å². The van der Waals surface area contributed by atoms with Crippen LogP contribution in [0.1, 0.15) is 30.6 Å². The first-order valence-corrected chi connectivity index (χ1v) is 10.6. The number of aromatic nitrogens is 3. The van der Waals surface area contributed by atoms with Gasteiger partial charge in [-0.3, -0.25) is 14.2 Å². The van der Waals surface area contributed by atoms with Gasteiger partial charge in [-0.15, -0.1) is 0 Å². The number of rotatable bonds is 6. The highest BCUT2D eigenvalue weighted by atomic mass is 16.5. The van der Waals surface area contributed by atoms with Crippen LogP contribution in [0.3, 0.4) is 0 Å². The summed E-state index contributed by atoms with van der Waals surface area (Å²) in [4.78, 5) is 26.5. The summed E-state index contributed by atoms with van der Waals surface area (Å²) in [6.45, 7) is 5.71. The second-order valence-electron chi connectivity index (χ2n) is 7.71. The maximum Gasteiger partial charge on any atom is 0.253 e. The summed E-state index contributed by atoms with van der Waals surface area (Å²) in [7, 11) is 1.59. The van der Waals surface area contributed by atoms with Gasteiger partial charge in [-0.05, 0) is 62.2 Å². The summed E-state index contributed by atoms with van der Waals surface area (Å²) in [6.07, 6.45) is 0.444. The number of ether oxygens (including phenoxy) is 1. The highest BCUT2D eigenvalue weighted by molar-refractivity contribution is 5.95. The Bertz CT molecular complexity index is 1320. The van der Waals surface area contributed by atoms with Crippen molar-refractivity contribution in [1.82, 2.24) is 14.3 Å². The van der Waals surface area contributed by atoms with Crippen molar-refractivity contribution in [3.05, 3.63) is 82.3 Å². The summed E-state index contributed by atoms with van der Waals surface area (Å²) in [6, 6.07) is 17.6. The highest BCUT2D eigenvalue weighted by Gasteiger charge is 2.26. The van der Waals surface area contributed by atoms with Gasteiger partial charge < -0.3 is 10.1 Å². The Morgan fingerprint density at radius 2 is 1.78 bits per heavy atom. The first-order valence-electron chi connectivity index (χ1n) is 10.6. The van der Waals surface area contributed by atoms with Gasteiger partial charge in [-0.25, -0.2) is 4.68 Å². The molecule has 7 nitrogen and oxygen atoms in total. The number of amides is 1. The molecule has 4 rings (SSSR count). The molecule has 0 radical (unpaired) electrons. The Kier molecular flexibility index (Phi) is 5.81. The summed E-state index contributed by atoms with van der Waals surface area (Å²) in [5.41, 5.74) is 3.50. The summed E-state index contributed by atoms with van der Waals surface area (Å²) in [5.74, 6) is 0.442. The van der Waals surface area contributed by atoms with Crippen LogP contribution in [0, 0.1) is 13.8 Å². The molecule has 1 unspecified atom stereocenters. The van der Waals surface area contributed by atoms with Crippen molar-refractivity contribution in [2.45, 2.75) is 33.2 Å². The van der Waals surface area contributed by atoms with E-state index >= 15 is 0 Å². The molecule has 1 amide bonds. The fourth-order valence-corrected chi connectivity index (χ4v) is 4.07. The van der Waals surface area contributed by atoms with Crippen LogP contribution in [-0.4, -0.2) is 27.4 Å². The van der Waals surface area contributed by atoms with E-state index in [1.54, 1.807) is 46.7 Å². The normalized spacial score (nSPS) is 12.0. The number of carbonyl (C=O) groups is 1. The van der Waals surface area contributed by atoms with E-state index in [0.29, 0.717) is 23.5 Å². The zero-order chi connectivity index (χ0) is 22.8. The average Bonchev–Trinajstić information content (AvgIpc) is 3.15. The number of hydrogen-bond acceptors (Lipinski definition) is 4. The third-order valence-electron chi connectivity index (χ3n) is 5.60. The van der Waals surface area contributed by atoms with Gasteiger partial charge in [0, 0.05) is 17.1 Å². The molecule has 2 aromatic heterocycles. The van der Waals surface area contributed by atoms with Crippen LogP contribution in [0.4, 0.5) is 5.69 Å². The van der Waals surface area contributed by atoms with Crippen LogP contribution in [-0.2, 0) is 4.79 Å². The number of nitrogens with zero attached hydrogens (tertiary/aromatic N) is 3. The number of methoxy groups -OCH3 is 1. The predicted molar refractivity (Wildman–Crippen MR) is 126 cm³/mol. The summed E-state index contributed by atoms with van der Waals surface area (Å²) in [5, 5.41) is 8.52. The van der Waals surface area contributed by atoms with Crippen molar-refractivity contribution < 1.29 is 9.53 Å². The number of pyridine rings is 1. The lowest BCUT2D eigenvalue weighted by Gasteiger charge is -2.21. The van der Waals surface area contributed by atoms with Crippen molar-refractivity contribution in [2.75, 3.05) is 12.4 Å². The molecule has 7 heteroatoms. The topological polar surface area (TPSA) is 78.2 Å². The zero-order valence-corrected chi connectivity index (χ0v) is 18.6. The molecule has 164 valence electrons. The fraction of sp³-hybridized carbons (Fsp3) is 0.240. The minimum atomic E-state index is -0.703. The number of hydrogen-bond donors (Lipinski definition) is 1. The van der Waals surface area contributed by atoms with Crippen LogP contribution in [0.2, 0.25) is 0 Å². The van der Waals surface area contributed by atoms with Gasteiger partial charge in [0.05, 0.1) is 18.5 Å². The van der Waals surface area contributed by atoms with Crippen molar-refractivity contribution >= 4 is 22.6 Å².